The van der Waals surface area contributed by atoms with Crippen LogP contribution in [0.25, 0.3) is 16.8 Å². The summed E-state index contributed by atoms with van der Waals surface area (Å²) >= 11 is 0. The molecule has 3 heterocycles. The maximum Gasteiger partial charge on any atom is 0.410 e. The van der Waals surface area contributed by atoms with Crippen molar-refractivity contribution in [2.45, 2.75) is 33.3 Å². The number of nitrogens with zero attached hydrogens (tertiary/aromatic N) is 4. The van der Waals surface area contributed by atoms with E-state index in [-0.39, 0.29) is 5.91 Å². The van der Waals surface area contributed by atoms with Crippen molar-refractivity contribution in [2.24, 2.45) is 0 Å². The number of hydrogen-bond acceptors (Lipinski definition) is 6. The zero-order valence-electron chi connectivity index (χ0n) is 18.8. The summed E-state index contributed by atoms with van der Waals surface area (Å²) in [6.07, 6.45) is 3.17. The second kappa shape index (κ2) is 8.49. The predicted octanol–water partition coefficient (Wildman–Crippen LogP) is 3.10. The second-order valence-corrected chi connectivity index (χ2v) is 8.88. The van der Waals surface area contributed by atoms with Crippen molar-refractivity contribution in [3.8, 4) is 11.1 Å². The second-order valence-electron chi connectivity index (χ2n) is 8.88. The number of amides is 2. The SMILES string of the molecule is Cc1cc2cc(c1)-c1cnn3ccc(nc13)NCCN(C(=O)OC(C)(C)C)CCNC2=O. The maximum atomic E-state index is 12.8. The van der Waals surface area contributed by atoms with Gasteiger partial charge in [0.05, 0.1) is 6.20 Å². The van der Waals surface area contributed by atoms with E-state index >= 15 is 0 Å². The lowest BCUT2D eigenvalue weighted by Gasteiger charge is -2.27. The largest absolute Gasteiger partial charge is 0.444 e. The minimum atomic E-state index is -0.603. The molecule has 4 rings (SSSR count). The Morgan fingerprint density at radius 3 is 2.56 bits per heavy atom. The third kappa shape index (κ3) is 4.82. The monoisotopic (exact) mass is 436 g/mol. The van der Waals surface area contributed by atoms with E-state index in [1.165, 1.54) is 0 Å². The molecule has 9 heteroatoms. The van der Waals surface area contributed by atoms with Gasteiger partial charge in [-0.1, -0.05) is 6.07 Å². The number of carbonyl (C=O) groups is 2. The first kappa shape index (κ1) is 21.6. The van der Waals surface area contributed by atoms with E-state index in [0.29, 0.717) is 43.2 Å². The van der Waals surface area contributed by atoms with Crippen LogP contribution in [0, 0.1) is 6.92 Å². The minimum Gasteiger partial charge on any atom is -0.444 e. The Hall–Kier alpha value is -3.62. The van der Waals surface area contributed by atoms with E-state index < -0.39 is 11.7 Å². The fourth-order valence-corrected chi connectivity index (χ4v) is 3.59. The number of hydrogen-bond donors (Lipinski definition) is 2. The maximum absolute atomic E-state index is 12.8. The van der Waals surface area contributed by atoms with Crippen LogP contribution in [0.4, 0.5) is 10.6 Å². The van der Waals surface area contributed by atoms with Gasteiger partial charge in [-0.15, -0.1) is 0 Å². The molecule has 0 atom stereocenters. The average Bonchev–Trinajstić information content (AvgIpc) is 3.13. The van der Waals surface area contributed by atoms with Gasteiger partial charge in [0.1, 0.15) is 11.4 Å². The molecule has 0 radical (unpaired) electrons. The van der Waals surface area contributed by atoms with Crippen LogP contribution in [-0.4, -0.2) is 63.3 Å². The molecular weight excluding hydrogens is 408 g/mol. The summed E-state index contributed by atoms with van der Waals surface area (Å²) in [6, 6.07) is 7.53. The molecule has 1 aliphatic rings. The van der Waals surface area contributed by atoms with Gasteiger partial charge in [-0.05, 0) is 57.0 Å². The zero-order valence-corrected chi connectivity index (χ0v) is 18.8. The first-order valence-corrected chi connectivity index (χ1v) is 10.7. The van der Waals surface area contributed by atoms with Gasteiger partial charge in [0, 0.05) is 43.5 Å². The Balaban J connectivity index is 1.70. The zero-order chi connectivity index (χ0) is 22.9. The van der Waals surface area contributed by atoms with Gasteiger partial charge in [0.25, 0.3) is 5.91 Å². The molecule has 2 N–H and O–H groups in total. The highest BCUT2D eigenvalue weighted by molar-refractivity contribution is 5.96. The minimum absolute atomic E-state index is 0.197. The Kier molecular flexibility index (Phi) is 5.73. The molecule has 2 aromatic heterocycles. The Morgan fingerprint density at radius 2 is 1.81 bits per heavy atom. The molecule has 168 valence electrons. The Morgan fingerprint density at radius 1 is 1.09 bits per heavy atom. The third-order valence-corrected chi connectivity index (χ3v) is 5.03. The summed E-state index contributed by atoms with van der Waals surface area (Å²) in [5.74, 6) is 0.484. The molecule has 3 aromatic rings. The summed E-state index contributed by atoms with van der Waals surface area (Å²) in [4.78, 5) is 31.8. The first-order valence-electron chi connectivity index (χ1n) is 10.7. The summed E-state index contributed by atoms with van der Waals surface area (Å²) < 4.78 is 7.24. The summed E-state index contributed by atoms with van der Waals surface area (Å²) in [5, 5.41) is 10.6. The lowest BCUT2D eigenvalue weighted by Crippen LogP contribution is -2.43. The highest BCUT2D eigenvalue weighted by atomic mass is 16.6. The number of nitrogens with one attached hydrogen (secondary N) is 2. The summed E-state index contributed by atoms with van der Waals surface area (Å²) in [5.41, 5.74) is 3.31. The molecule has 1 aliphatic heterocycles. The van der Waals surface area contributed by atoms with Crippen LogP contribution < -0.4 is 10.6 Å². The predicted molar refractivity (Wildman–Crippen MR) is 122 cm³/mol. The van der Waals surface area contributed by atoms with Crippen molar-refractivity contribution in [3.63, 3.8) is 0 Å². The van der Waals surface area contributed by atoms with Crippen LogP contribution in [0.1, 0.15) is 36.7 Å². The van der Waals surface area contributed by atoms with Crippen molar-refractivity contribution >= 4 is 23.5 Å². The molecule has 0 saturated carbocycles. The topological polar surface area (TPSA) is 101 Å². The van der Waals surface area contributed by atoms with Crippen LogP contribution in [0.5, 0.6) is 0 Å². The lowest BCUT2D eigenvalue weighted by molar-refractivity contribution is 0.0258. The van der Waals surface area contributed by atoms with Gasteiger partial charge in [0.15, 0.2) is 5.65 Å². The molecule has 1 aromatic carbocycles. The van der Waals surface area contributed by atoms with Gasteiger partial charge in [-0.2, -0.15) is 5.10 Å². The molecule has 0 aliphatic carbocycles. The van der Waals surface area contributed by atoms with Gasteiger partial charge >= 0.3 is 6.09 Å². The summed E-state index contributed by atoms with van der Waals surface area (Å²) in [7, 11) is 0. The Bertz CT molecular complexity index is 1160. The number of aryl methyl sites for hydroxylation is 1. The molecular formula is C23H28N6O3. The number of carbonyl (C=O) groups excluding carboxylic acids is 2. The molecule has 0 spiro atoms. The molecule has 0 unspecified atom stereocenters. The van der Waals surface area contributed by atoms with Crippen LogP contribution in [0.15, 0.2) is 36.7 Å². The van der Waals surface area contributed by atoms with Crippen LogP contribution in [-0.2, 0) is 4.74 Å². The molecule has 32 heavy (non-hydrogen) atoms. The smallest absolute Gasteiger partial charge is 0.410 e. The van der Waals surface area contributed by atoms with Gasteiger partial charge in [0.2, 0.25) is 0 Å². The standard InChI is InChI=1S/C23H28N6O3/c1-15-11-16-13-17(12-15)21(30)25-7-10-28(22(31)32-23(2,3)4)9-6-24-19-5-8-29-20(27-19)18(16)14-26-29/h5,8,11-14H,6-7,9-10H2,1-4H3,(H,24,27)(H,25,30). The van der Waals surface area contributed by atoms with E-state index in [1.54, 1.807) is 15.6 Å². The number of fused-ring (bicyclic) bond motifs is 4. The van der Waals surface area contributed by atoms with E-state index in [4.69, 9.17) is 9.72 Å². The fraction of sp³-hybridized carbons (Fsp3) is 0.391. The molecule has 0 saturated heterocycles. The van der Waals surface area contributed by atoms with Crippen LogP contribution in [0.2, 0.25) is 0 Å². The quantitative estimate of drug-likeness (QED) is 0.562. The molecule has 0 fully saturated rings. The fourth-order valence-electron chi connectivity index (χ4n) is 3.59. The van der Waals surface area contributed by atoms with Crippen molar-refractivity contribution < 1.29 is 14.3 Å². The van der Waals surface area contributed by atoms with E-state index in [2.05, 4.69) is 15.7 Å². The molecule has 2 amide bonds. The van der Waals surface area contributed by atoms with Crippen molar-refractivity contribution in [2.75, 3.05) is 31.5 Å². The van der Waals surface area contributed by atoms with Gasteiger partial charge in [-0.3, -0.25) is 4.79 Å². The highest BCUT2D eigenvalue weighted by Gasteiger charge is 2.22. The number of aromatic nitrogens is 3. The van der Waals surface area contributed by atoms with Gasteiger partial charge in [-0.25, -0.2) is 14.3 Å². The normalized spacial score (nSPS) is 15.0. The number of benzene rings is 1. The first-order chi connectivity index (χ1) is 15.2. The van der Waals surface area contributed by atoms with Crippen molar-refractivity contribution in [1.29, 1.82) is 0 Å². The Labute approximate surface area is 186 Å². The summed E-state index contributed by atoms with van der Waals surface area (Å²) in [6.45, 7) is 8.96. The van der Waals surface area contributed by atoms with E-state index in [0.717, 1.165) is 16.7 Å². The number of anilines is 1. The van der Waals surface area contributed by atoms with Crippen molar-refractivity contribution in [3.05, 3.63) is 47.8 Å². The molecule has 9 nitrogen and oxygen atoms in total. The number of rotatable bonds is 0. The van der Waals surface area contributed by atoms with E-state index in [9.17, 15) is 9.59 Å². The molecule has 4 bridgehead atoms. The average molecular weight is 437 g/mol. The highest BCUT2D eigenvalue weighted by Crippen LogP contribution is 2.26. The van der Waals surface area contributed by atoms with Gasteiger partial charge < -0.3 is 20.3 Å². The lowest BCUT2D eigenvalue weighted by atomic mass is 10.0. The number of ether oxygens (including phenoxy) is 1. The van der Waals surface area contributed by atoms with E-state index in [1.807, 2.05) is 58.2 Å². The van der Waals surface area contributed by atoms with Crippen LogP contribution >= 0.6 is 0 Å². The van der Waals surface area contributed by atoms with Crippen LogP contribution in [0.3, 0.4) is 0 Å². The third-order valence-electron chi connectivity index (χ3n) is 5.03. The van der Waals surface area contributed by atoms with Crippen molar-refractivity contribution in [1.82, 2.24) is 24.8 Å².